The number of aryl methyl sites for hydroxylation is 1. The second kappa shape index (κ2) is 5.83. The topological polar surface area (TPSA) is 79.7 Å². The van der Waals surface area contributed by atoms with Crippen molar-refractivity contribution in [2.45, 2.75) is 6.54 Å². The molecular weight excluding hydrogens is 278 g/mol. The Bertz CT molecular complexity index is 637. The highest BCUT2D eigenvalue weighted by atomic mass is 35.5. The first-order valence-corrected chi connectivity index (χ1v) is 6.35. The van der Waals surface area contributed by atoms with Gasteiger partial charge in [-0.2, -0.15) is 5.10 Å². The smallest absolute Gasteiger partial charge is 0.171 e. The van der Waals surface area contributed by atoms with Crippen LogP contribution in [0.3, 0.4) is 0 Å². The van der Waals surface area contributed by atoms with Crippen molar-refractivity contribution in [2.75, 3.05) is 11.9 Å². The molecule has 0 fully saturated rings. The summed E-state index contributed by atoms with van der Waals surface area (Å²) in [6, 6.07) is 5.38. The van der Waals surface area contributed by atoms with E-state index < -0.39 is 0 Å². The van der Waals surface area contributed by atoms with E-state index in [0.29, 0.717) is 17.1 Å². The fourth-order valence-corrected chi connectivity index (χ4v) is 2.19. The predicted octanol–water partition coefficient (Wildman–Crippen LogP) is 1.80. The first kappa shape index (κ1) is 14.2. The molecule has 0 aliphatic carbocycles. The SMILES string of the molecule is CN(Cc1cnn(C)c1)c1ccc(C(N)=NO)c(Cl)c1. The van der Waals surface area contributed by atoms with Crippen LogP contribution in [0, 0.1) is 0 Å². The van der Waals surface area contributed by atoms with Gasteiger partial charge in [-0.3, -0.25) is 4.68 Å². The summed E-state index contributed by atoms with van der Waals surface area (Å²) in [4.78, 5) is 2.04. The van der Waals surface area contributed by atoms with Crippen LogP contribution in [0.2, 0.25) is 5.02 Å². The van der Waals surface area contributed by atoms with Gasteiger partial charge in [0.15, 0.2) is 5.84 Å². The maximum absolute atomic E-state index is 8.67. The standard InChI is InChI=1S/C13H16ClN5O/c1-18(7-9-6-16-19(2)8-9)10-3-4-11(12(14)5-10)13(15)17-20/h3-6,8,20H,7H2,1-2H3,(H2,15,17). The molecule has 3 N–H and O–H groups in total. The molecule has 6 nitrogen and oxygen atoms in total. The van der Waals surface area contributed by atoms with Crippen molar-refractivity contribution in [3.63, 3.8) is 0 Å². The molecule has 0 aliphatic rings. The molecule has 0 saturated carbocycles. The van der Waals surface area contributed by atoms with Crippen LogP contribution in [0.15, 0.2) is 35.7 Å². The molecule has 0 atom stereocenters. The monoisotopic (exact) mass is 293 g/mol. The van der Waals surface area contributed by atoms with E-state index in [1.165, 1.54) is 0 Å². The minimum absolute atomic E-state index is 0.00328. The highest BCUT2D eigenvalue weighted by Crippen LogP contribution is 2.24. The zero-order valence-electron chi connectivity index (χ0n) is 11.3. The van der Waals surface area contributed by atoms with Gasteiger partial charge in [0.2, 0.25) is 0 Å². The van der Waals surface area contributed by atoms with Crippen molar-refractivity contribution in [2.24, 2.45) is 17.9 Å². The van der Waals surface area contributed by atoms with E-state index in [2.05, 4.69) is 10.3 Å². The zero-order valence-corrected chi connectivity index (χ0v) is 12.0. The molecule has 1 aromatic carbocycles. The van der Waals surface area contributed by atoms with Crippen LogP contribution in [-0.4, -0.2) is 27.9 Å². The third-order valence-corrected chi connectivity index (χ3v) is 3.27. The van der Waals surface area contributed by atoms with E-state index >= 15 is 0 Å². The Hall–Kier alpha value is -2.21. The van der Waals surface area contributed by atoms with E-state index in [-0.39, 0.29) is 5.84 Å². The van der Waals surface area contributed by atoms with Gasteiger partial charge in [0.25, 0.3) is 0 Å². The normalized spacial score (nSPS) is 11.7. The Kier molecular flexibility index (Phi) is 4.14. The number of anilines is 1. The molecule has 0 spiro atoms. The van der Waals surface area contributed by atoms with Crippen LogP contribution in [0.1, 0.15) is 11.1 Å². The van der Waals surface area contributed by atoms with E-state index in [1.54, 1.807) is 16.8 Å². The van der Waals surface area contributed by atoms with E-state index in [9.17, 15) is 0 Å². The van der Waals surface area contributed by atoms with Crippen LogP contribution in [0.4, 0.5) is 5.69 Å². The summed E-state index contributed by atoms with van der Waals surface area (Å²) in [5.41, 5.74) is 8.09. The number of amidine groups is 1. The first-order chi connectivity index (χ1) is 9.51. The highest BCUT2D eigenvalue weighted by molar-refractivity contribution is 6.34. The number of benzene rings is 1. The van der Waals surface area contributed by atoms with Crippen LogP contribution < -0.4 is 10.6 Å². The molecule has 1 aromatic heterocycles. The Labute approximate surface area is 122 Å². The van der Waals surface area contributed by atoms with Crippen molar-refractivity contribution in [3.8, 4) is 0 Å². The summed E-state index contributed by atoms with van der Waals surface area (Å²) >= 11 is 6.14. The molecule has 7 heteroatoms. The lowest BCUT2D eigenvalue weighted by Gasteiger charge is -2.19. The minimum Gasteiger partial charge on any atom is -0.409 e. The van der Waals surface area contributed by atoms with Gasteiger partial charge in [-0.1, -0.05) is 16.8 Å². The molecule has 2 aromatic rings. The molecule has 0 bridgehead atoms. The number of aromatic nitrogens is 2. The summed E-state index contributed by atoms with van der Waals surface area (Å²) in [5.74, 6) is -0.00328. The van der Waals surface area contributed by atoms with Crippen LogP contribution in [0.5, 0.6) is 0 Å². The summed E-state index contributed by atoms with van der Waals surface area (Å²) in [5, 5.41) is 16.2. The van der Waals surface area contributed by atoms with Crippen molar-refractivity contribution in [3.05, 3.63) is 46.7 Å². The third kappa shape index (κ3) is 3.03. The van der Waals surface area contributed by atoms with Gasteiger partial charge in [0, 0.05) is 43.7 Å². The van der Waals surface area contributed by atoms with Crippen LogP contribution in [0.25, 0.3) is 0 Å². The Morgan fingerprint density at radius 2 is 2.30 bits per heavy atom. The molecule has 20 heavy (non-hydrogen) atoms. The van der Waals surface area contributed by atoms with Gasteiger partial charge in [0.05, 0.1) is 11.2 Å². The molecule has 106 valence electrons. The molecule has 1 heterocycles. The van der Waals surface area contributed by atoms with Gasteiger partial charge < -0.3 is 15.8 Å². The molecule has 0 saturated heterocycles. The average molecular weight is 294 g/mol. The summed E-state index contributed by atoms with van der Waals surface area (Å²) in [6.07, 6.45) is 3.78. The van der Waals surface area contributed by atoms with E-state index in [0.717, 1.165) is 11.3 Å². The van der Waals surface area contributed by atoms with E-state index in [1.807, 2.05) is 37.5 Å². The quantitative estimate of drug-likeness (QED) is 0.390. The van der Waals surface area contributed by atoms with Gasteiger partial charge in [-0.05, 0) is 18.2 Å². The second-order valence-corrected chi connectivity index (χ2v) is 4.93. The fourth-order valence-electron chi connectivity index (χ4n) is 1.92. The number of hydrogen-bond acceptors (Lipinski definition) is 4. The Morgan fingerprint density at radius 3 is 2.85 bits per heavy atom. The summed E-state index contributed by atoms with van der Waals surface area (Å²) in [7, 11) is 3.84. The largest absolute Gasteiger partial charge is 0.409 e. The van der Waals surface area contributed by atoms with Gasteiger partial charge in [0.1, 0.15) is 0 Å². The lowest BCUT2D eigenvalue weighted by atomic mass is 10.1. The van der Waals surface area contributed by atoms with Crippen LogP contribution >= 0.6 is 11.6 Å². The number of halogens is 1. The lowest BCUT2D eigenvalue weighted by molar-refractivity contribution is 0.318. The zero-order chi connectivity index (χ0) is 14.7. The summed E-state index contributed by atoms with van der Waals surface area (Å²) in [6.45, 7) is 0.715. The maximum Gasteiger partial charge on any atom is 0.171 e. The molecule has 0 unspecified atom stereocenters. The van der Waals surface area contributed by atoms with E-state index in [4.69, 9.17) is 22.5 Å². The molecule has 0 radical (unpaired) electrons. The maximum atomic E-state index is 8.67. The number of hydrogen-bond donors (Lipinski definition) is 2. The first-order valence-electron chi connectivity index (χ1n) is 5.97. The van der Waals surface area contributed by atoms with Crippen molar-refractivity contribution in [1.29, 1.82) is 0 Å². The minimum atomic E-state index is -0.00328. The number of rotatable bonds is 4. The number of nitrogens with zero attached hydrogens (tertiary/aromatic N) is 4. The average Bonchev–Trinajstić information content (AvgIpc) is 2.83. The summed E-state index contributed by atoms with van der Waals surface area (Å²) < 4.78 is 1.76. The van der Waals surface area contributed by atoms with Gasteiger partial charge in [-0.25, -0.2) is 0 Å². The Balaban J connectivity index is 2.18. The third-order valence-electron chi connectivity index (χ3n) is 2.96. The number of nitrogens with two attached hydrogens (primary N) is 1. The predicted molar refractivity (Wildman–Crippen MR) is 79.3 cm³/mol. The van der Waals surface area contributed by atoms with Crippen LogP contribution in [-0.2, 0) is 13.6 Å². The Morgan fingerprint density at radius 1 is 1.55 bits per heavy atom. The number of oxime groups is 1. The second-order valence-electron chi connectivity index (χ2n) is 4.53. The molecular formula is C13H16ClN5O. The van der Waals surface area contributed by atoms with Gasteiger partial charge >= 0.3 is 0 Å². The lowest BCUT2D eigenvalue weighted by Crippen LogP contribution is -2.17. The highest BCUT2D eigenvalue weighted by Gasteiger charge is 2.09. The van der Waals surface area contributed by atoms with Crippen molar-refractivity contribution in [1.82, 2.24) is 9.78 Å². The van der Waals surface area contributed by atoms with Crippen molar-refractivity contribution >= 4 is 23.1 Å². The molecule has 0 amide bonds. The molecule has 2 rings (SSSR count). The van der Waals surface area contributed by atoms with Crippen molar-refractivity contribution < 1.29 is 5.21 Å². The fraction of sp³-hybridized carbons (Fsp3) is 0.231. The van der Waals surface area contributed by atoms with Gasteiger partial charge in [-0.15, -0.1) is 0 Å². The molecule has 0 aliphatic heterocycles.